The van der Waals surface area contributed by atoms with Gasteiger partial charge in [0.2, 0.25) is 12.4 Å². The van der Waals surface area contributed by atoms with E-state index >= 15 is 0 Å². The van der Waals surface area contributed by atoms with Crippen molar-refractivity contribution >= 4 is 11.5 Å². The van der Waals surface area contributed by atoms with E-state index in [4.69, 9.17) is 4.84 Å². The third kappa shape index (κ3) is 2.72. The SMILES string of the molecule is CO[n+]1cccc(CNc2cc(C)nc3c(C4CC4)cnn23)c1. The standard InChI is InChI=1S/C17H20N5O/c1-12-8-16(18-9-13-4-3-7-21(11-13)23-2)22-17(20-12)15(10-19-22)14-5-6-14/h3-4,7-8,10-11,14,18H,5-6,9H2,1-2H3/q+1. The molecule has 1 aliphatic carbocycles. The zero-order chi connectivity index (χ0) is 15.8. The zero-order valence-electron chi connectivity index (χ0n) is 13.4. The average molecular weight is 310 g/mol. The predicted molar refractivity (Wildman–Crippen MR) is 86.2 cm³/mol. The van der Waals surface area contributed by atoms with Gasteiger partial charge in [-0.2, -0.15) is 9.61 Å². The van der Waals surface area contributed by atoms with Crippen LogP contribution in [0.2, 0.25) is 0 Å². The van der Waals surface area contributed by atoms with Crippen molar-refractivity contribution in [1.29, 1.82) is 0 Å². The number of aromatic nitrogens is 4. The lowest BCUT2D eigenvalue weighted by molar-refractivity contribution is -0.885. The summed E-state index contributed by atoms with van der Waals surface area (Å²) in [7, 11) is 1.65. The summed E-state index contributed by atoms with van der Waals surface area (Å²) >= 11 is 0. The van der Waals surface area contributed by atoms with Crippen LogP contribution in [0.1, 0.15) is 35.6 Å². The lowest BCUT2D eigenvalue weighted by Gasteiger charge is -2.09. The number of aryl methyl sites for hydroxylation is 1. The zero-order valence-corrected chi connectivity index (χ0v) is 13.4. The molecule has 3 heterocycles. The van der Waals surface area contributed by atoms with Crippen molar-refractivity contribution in [2.24, 2.45) is 0 Å². The molecular weight excluding hydrogens is 290 g/mol. The van der Waals surface area contributed by atoms with Crippen molar-refractivity contribution in [3.05, 3.63) is 53.6 Å². The molecule has 0 aromatic carbocycles. The number of hydrogen-bond donors (Lipinski definition) is 1. The number of rotatable bonds is 5. The molecule has 3 aromatic rings. The summed E-state index contributed by atoms with van der Waals surface area (Å²) < 4.78 is 3.59. The highest BCUT2D eigenvalue weighted by Crippen LogP contribution is 2.41. The molecule has 6 nitrogen and oxygen atoms in total. The van der Waals surface area contributed by atoms with Gasteiger partial charge in [0.25, 0.3) is 0 Å². The number of hydrogen-bond acceptors (Lipinski definition) is 4. The Hall–Kier alpha value is -2.63. The molecule has 4 rings (SSSR count). The highest BCUT2D eigenvalue weighted by molar-refractivity contribution is 5.56. The molecule has 0 atom stereocenters. The fraction of sp³-hybridized carbons (Fsp3) is 0.353. The Labute approximate surface area is 134 Å². The fourth-order valence-corrected chi connectivity index (χ4v) is 2.82. The van der Waals surface area contributed by atoms with Crippen LogP contribution in [0.4, 0.5) is 5.82 Å². The van der Waals surface area contributed by atoms with E-state index < -0.39 is 0 Å². The van der Waals surface area contributed by atoms with Gasteiger partial charge in [0.15, 0.2) is 5.65 Å². The molecule has 0 radical (unpaired) electrons. The van der Waals surface area contributed by atoms with Gasteiger partial charge in [-0.15, -0.1) is 0 Å². The normalized spacial score (nSPS) is 14.2. The minimum atomic E-state index is 0.643. The van der Waals surface area contributed by atoms with Gasteiger partial charge in [-0.25, -0.2) is 4.98 Å². The number of anilines is 1. The molecule has 6 heteroatoms. The van der Waals surface area contributed by atoms with E-state index in [1.54, 1.807) is 11.8 Å². The van der Waals surface area contributed by atoms with Crippen molar-refractivity contribution in [3.8, 4) is 0 Å². The van der Waals surface area contributed by atoms with Crippen LogP contribution in [-0.4, -0.2) is 21.7 Å². The molecule has 1 fully saturated rings. The molecule has 0 bridgehead atoms. The first-order valence-corrected chi connectivity index (χ1v) is 7.88. The Morgan fingerprint density at radius 2 is 2.30 bits per heavy atom. The van der Waals surface area contributed by atoms with Crippen molar-refractivity contribution in [3.63, 3.8) is 0 Å². The molecule has 0 amide bonds. The molecule has 1 aliphatic rings. The predicted octanol–water partition coefficient (Wildman–Crippen LogP) is 1.87. The minimum Gasteiger partial charge on any atom is -0.366 e. The van der Waals surface area contributed by atoms with E-state index in [1.807, 2.05) is 42.2 Å². The van der Waals surface area contributed by atoms with Gasteiger partial charge < -0.3 is 5.32 Å². The second-order valence-electron chi connectivity index (χ2n) is 6.00. The van der Waals surface area contributed by atoms with E-state index in [2.05, 4.69) is 21.5 Å². The summed E-state index contributed by atoms with van der Waals surface area (Å²) in [6.07, 6.45) is 8.29. The maximum absolute atomic E-state index is 5.19. The first kappa shape index (κ1) is 14.0. The quantitative estimate of drug-likeness (QED) is 0.731. The number of pyridine rings is 1. The van der Waals surface area contributed by atoms with Crippen molar-refractivity contribution in [2.75, 3.05) is 12.4 Å². The molecule has 0 spiro atoms. The summed E-state index contributed by atoms with van der Waals surface area (Å²) in [6.45, 7) is 2.72. The van der Waals surface area contributed by atoms with Gasteiger partial charge in [0.05, 0.1) is 6.20 Å². The van der Waals surface area contributed by atoms with Gasteiger partial charge in [-0.1, -0.05) is 0 Å². The van der Waals surface area contributed by atoms with Gasteiger partial charge in [-0.3, -0.25) is 4.84 Å². The van der Waals surface area contributed by atoms with E-state index in [0.717, 1.165) is 22.7 Å². The smallest absolute Gasteiger partial charge is 0.227 e. The highest BCUT2D eigenvalue weighted by atomic mass is 16.6. The van der Waals surface area contributed by atoms with Crippen molar-refractivity contribution < 1.29 is 9.57 Å². The Morgan fingerprint density at radius 1 is 1.43 bits per heavy atom. The summed E-state index contributed by atoms with van der Waals surface area (Å²) in [4.78, 5) is 9.87. The summed E-state index contributed by atoms with van der Waals surface area (Å²) in [5.74, 6) is 1.61. The fourth-order valence-electron chi connectivity index (χ4n) is 2.82. The Morgan fingerprint density at radius 3 is 3.09 bits per heavy atom. The lowest BCUT2D eigenvalue weighted by Crippen LogP contribution is -2.40. The van der Waals surface area contributed by atoms with Crippen LogP contribution < -0.4 is 14.9 Å². The number of fused-ring (bicyclic) bond motifs is 1. The molecule has 118 valence electrons. The maximum atomic E-state index is 5.19. The van der Waals surface area contributed by atoms with Crippen molar-refractivity contribution in [2.45, 2.75) is 32.2 Å². The van der Waals surface area contributed by atoms with Gasteiger partial charge in [0, 0.05) is 40.2 Å². The van der Waals surface area contributed by atoms with Crippen LogP contribution in [0.15, 0.2) is 36.8 Å². The van der Waals surface area contributed by atoms with Gasteiger partial charge in [-0.05, 0) is 31.7 Å². The Kier molecular flexibility index (Phi) is 3.37. The monoisotopic (exact) mass is 310 g/mol. The largest absolute Gasteiger partial charge is 0.366 e. The summed E-state index contributed by atoms with van der Waals surface area (Å²) in [5, 5.41) is 7.99. The van der Waals surface area contributed by atoms with Crippen LogP contribution >= 0.6 is 0 Å². The van der Waals surface area contributed by atoms with Gasteiger partial charge in [0.1, 0.15) is 12.9 Å². The molecule has 23 heavy (non-hydrogen) atoms. The van der Waals surface area contributed by atoms with Crippen LogP contribution in [0.25, 0.3) is 5.65 Å². The molecule has 3 aromatic heterocycles. The first-order valence-electron chi connectivity index (χ1n) is 7.88. The first-order chi connectivity index (χ1) is 11.2. The molecule has 0 unspecified atom stereocenters. The summed E-state index contributed by atoms with van der Waals surface area (Å²) in [5.41, 5.74) is 4.39. The third-order valence-electron chi connectivity index (χ3n) is 4.17. The molecule has 1 N–H and O–H groups in total. The number of nitrogens with zero attached hydrogens (tertiary/aromatic N) is 4. The molecule has 0 saturated heterocycles. The second-order valence-corrected chi connectivity index (χ2v) is 6.00. The number of nitrogens with one attached hydrogen (secondary N) is 1. The highest BCUT2D eigenvalue weighted by Gasteiger charge is 2.28. The molecule has 1 saturated carbocycles. The maximum Gasteiger partial charge on any atom is 0.227 e. The van der Waals surface area contributed by atoms with E-state index in [9.17, 15) is 0 Å². The summed E-state index contributed by atoms with van der Waals surface area (Å²) in [6, 6.07) is 6.06. The van der Waals surface area contributed by atoms with Gasteiger partial charge >= 0.3 is 0 Å². The van der Waals surface area contributed by atoms with Crippen molar-refractivity contribution in [1.82, 2.24) is 14.6 Å². The topological polar surface area (TPSA) is 55.3 Å². The van der Waals surface area contributed by atoms with Crippen LogP contribution in [0, 0.1) is 6.92 Å². The Bertz CT molecular complexity index is 853. The van der Waals surface area contributed by atoms with E-state index in [-0.39, 0.29) is 0 Å². The molecular formula is C17H20N5O+. The second kappa shape index (κ2) is 5.53. The lowest BCUT2D eigenvalue weighted by atomic mass is 10.2. The van der Waals surface area contributed by atoms with E-state index in [0.29, 0.717) is 12.5 Å². The minimum absolute atomic E-state index is 0.643. The Balaban J connectivity index is 1.63. The van der Waals surface area contributed by atoms with E-state index in [1.165, 1.54) is 18.4 Å². The molecule has 0 aliphatic heterocycles. The van der Waals surface area contributed by atoms with Crippen LogP contribution in [0.5, 0.6) is 0 Å². The average Bonchev–Trinajstić information content (AvgIpc) is 3.32. The van der Waals surface area contributed by atoms with Crippen LogP contribution in [-0.2, 0) is 6.54 Å². The third-order valence-corrected chi connectivity index (χ3v) is 4.17. The van der Waals surface area contributed by atoms with Crippen LogP contribution in [0.3, 0.4) is 0 Å².